The Morgan fingerprint density at radius 2 is 1.53 bits per heavy atom. The Hall–Kier alpha value is -1.10. The molecule has 0 bridgehead atoms. The van der Waals surface area contributed by atoms with Crippen LogP contribution in [0.25, 0.3) is 0 Å². The zero-order chi connectivity index (χ0) is 14.1. The van der Waals surface area contributed by atoms with Gasteiger partial charge in [-0.2, -0.15) is 0 Å². The zero-order valence-corrected chi connectivity index (χ0v) is 11.8. The lowest BCUT2D eigenvalue weighted by atomic mass is 9.94. The summed E-state index contributed by atoms with van der Waals surface area (Å²) in [6, 6.07) is 0. The fourth-order valence-corrected chi connectivity index (χ4v) is 2.43. The first-order chi connectivity index (χ1) is 9.06. The van der Waals surface area contributed by atoms with Crippen LogP contribution in [0.2, 0.25) is 0 Å². The number of nitrogens with one attached hydrogen (secondary N) is 2. The van der Waals surface area contributed by atoms with Gasteiger partial charge in [0.25, 0.3) is 0 Å². The highest BCUT2D eigenvalue weighted by Gasteiger charge is 2.28. The van der Waals surface area contributed by atoms with E-state index in [1.165, 1.54) is 0 Å². The summed E-state index contributed by atoms with van der Waals surface area (Å²) in [6.07, 6.45) is 6.25. The van der Waals surface area contributed by atoms with Gasteiger partial charge in [-0.3, -0.25) is 9.59 Å². The quantitative estimate of drug-likeness (QED) is 0.633. The van der Waals surface area contributed by atoms with Crippen LogP contribution in [-0.2, 0) is 9.59 Å². The van der Waals surface area contributed by atoms with E-state index in [0.717, 1.165) is 38.5 Å². The minimum atomic E-state index is -0.752. The fraction of sp³-hybridized carbons (Fsp3) is 0.857. The average Bonchev–Trinajstić information content (AvgIpc) is 2.60. The van der Waals surface area contributed by atoms with Gasteiger partial charge in [-0.15, -0.1) is 0 Å². The van der Waals surface area contributed by atoms with E-state index < -0.39 is 5.60 Å². The molecule has 0 aliphatic heterocycles. The molecule has 0 atom stereocenters. The maximum atomic E-state index is 11.6. The Bertz CT molecular complexity index is 297. The summed E-state index contributed by atoms with van der Waals surface area (Å²) in [5, 5.41) is 15.8. The molecule has 1 aliphatic carbocycles. The van der Waals surface area contributed by atoms with Crippen molar-refractivity contribution in [1.82, 2.24) is 10.6 Å². The lowest BCUT2D eigenvalue weighted by Crippen LogP contribution is -2.42. The molecular formula is C14H26N2O3. The molecule has 0 spiro atoms. The SMILES string of the molecule is CCNC(=O)CCC(=O)NCC1(O)CCCCCC1. The van der Waals surface area contributed by atoms with E-state index in [2.05, 4.69) is 10.6 Å². The molecule has 3 N–H and O–H groups in total. The lowest BCUT2D eigenvalue weighted by Gasteiger charge is -2.26. The molecule has 2 amide bonds. The summed E-state index contributed by atoms with van der Waals surface area (Å²) in [7, 11) is 0. The van der Waals surface area contributed by atoms with E-state index >= 15 is 0 Å². The van der Waals surface area contributed by atoms with Crippen molar-refractivity contribution in [3.8, 4) is 0 Å². The van der Waals surface area contributed by atoms with Crippen molar-refractivity contribution in [1.29, 1.82) is 0 Å². The molecule has 0 aromatic rings. The van der Waals surface area contributed by atoms with Gasteiger partial charge in [-0.25, -0.2) is 0 Å². The third-order valence-electron chi connectivity index (χ3n) is 3.60. The molecule has 5 heteroatoms. The van der Waals surface area contributed by atoms with Gasteiger partial charge in [0.2, 0.25) is 11.8 Å². The van der Waals surface area contributed by atoms with Crippen molar-refractivity contribution in [2.45, 2.75) is 63.9 Å². The van der Waals surface area contributed by atoms with Gasteiger partial charge in [0.1, 0.15) is 0 Å². The minimum absolute atomic E-state index is 0.106. The van der Waals surface area contributed by atoms with E-state index in [1.54, 1.807) is 0 Å². The van der Waals surface area contributed by atoms with E-state index in [9.17, 15) is 14.7 Å². The second-order valence-corrected chi connectivity index (χ2v) is 5.37. The Morgan fingerprint density at radius 1 is 1.00 bits per heavy atom. The Labute approximate surface area is 115 Å². The standard InChI is InChI=1S/C14H26N2O3/c1-2-15-12(17)7-8-13(18)16-11-14(19)9-5-3-4-6-10-14/h19H,2-11H2,1H3,(H,15,17)(H,16,18). The molecule has 0 saturated heterocycles. The molecule has 0 aromatic carbocycles. The summed E-state index contributed by atoms with van der Waals surface area (Å²) >= 11 is 0. The Kier molecular flexibility index (Phi) is 6.84. The number of amides is 2. The summed E-state index contributed by atoms with van der Waals surface area (Å²) in [5.74, 6) is -0.269. The highest BCUT2D eigenvalue weighted by molar-refractivity contribution is 5.83. The number of aliphatic hydroxyl groups is 1. The third-order valence-corrected chi connectivity index (χ3v) is 3.60. The summed E-state index contributed by atoms with van der Waals surface area (Å²) < 4.78 is 0. The average molecular weight is 270 g/mol. The molecule has 0 unspecified atom stereocenters. The molecule has 0 aromatic heterocycles. The molecule has 1 rings (SSSR count). The minimum Gasteiger partial charge on any atom is -0.388 e. The maximum absolute atomic E-state index is 11.6. The normalized spacial score (nSPS) is 18.4. The largest absolute Gasteiger partial charge is 0.388 e. The predicted molar refractivity (Wildman–Crippen MR) is 73.6 cm³/mol. The van der Waals surface area contributed by atoms with Crippen LogP contribution < -0.4 is 10.6 Å². The van der Waals surface area contributed by atoms with Crippen molar-refractivity contribution >= 4 is 11.8 Å². The van der Waals surface area contributed by atoms with Gasteiger partial charge >= 0.3 is 0 Å². The van der Waals surface area contributed by atoms with Crippen LogP contribution in [0.5, 0.6) is 0 Å². The number of hydrogen-bond donors (Lipinski definition) is 3. The van der Waals surface area contributed by atoms with Gasteiger partial charge in [0.15, 0.2) is 0 Å². The van der Waals surface area contributed by atoms with Crippen LogP contribution in [0, 0.1) is 0 Å². The summed E-state index contributed by atoms with van der Waals surface area (Å²) in [4.78, 5) is 22.8. The van der Waals surface area contributed by atoms with Crippen molar-refractivity contribution in [2.24, 2.45) is 0 Å². The fourth-order valence-electron chi connectivity index (χ4n) is 2.43. The van der Waals surface area contributed by atoms with Gasteiger partial charge in [-0.1, -0.05) is 25.7 Å². The Balaban J connectivity index is 2.23. The molecule has 1 saturated carbocycles. The number of rotatable bonds is 6. The van der Waals surface area contributed by atoms with E-state index in [-0.39, 0.29) is 24.7 Å². The molecule has 110 valence electrons. The number of carbonyl (C=O) groups is 2. The summed E-state index contributed by atoms with van der Waals surface area (Å²) in [6.45, 7) is 2.74. The molecule has 5 nitrogen and oxygen atoms in total. The van der Waals surface area contributed by atoms with Crippen LogP contribution in [0.1, 0.15) is 58.3 Å². The second-order valence-electron chi connectivity index (χ2n) is 5.37. The second kappa shape index (κ2) is 8.15. The van der Waals surface area contributed by atoms with Crippen LogP contribution in [0.15, 0.2) is 0 Å². The predicted octanol–water partition coefficient (Wildman–Crippen LogP) is 1.10. The maximum Gasteiger partial charge on any atom is 0.220 e. The first-order valence-corrected chi connectivity index (χ1v) is 7.31. The van der Waals surface area contributed by atoms with Crippen LogP contribution in [0.3, 0.4) is 0 Å². The topological polar surface area (TPSA) is 78.4 Å². The number of carbonyl (C=O) groups excluding carboxylic acids is 2. The van der Waals surface area contributed by atoms with Gasteiger partial charge in [-0.05, 0) is 19.8 Å². The molecule has 1 fully saturated rings. The van der Waals surface area contributed by atoms with Crippen molar-refractivity contribution in [3.63, 3.8) is 0 Å². The van der Waals surface area contributed by atoms with E-state index in [0.29, 0.717) is 13.1 Å². The van der Waals surface area contributed by atoms with Crippen LogP contribution >= 0.6 is 0 Å². The highest BCUT2D eigenvalue weighted by Crippen LogP contribution is 2.26. The third kappa shape index (κ3) is 6.57. The van der Waals surface area contributed by atoms with Crippen LogP contribution in [-0.4, -0.2) is 35.6 Å². The first-order valence-electron chi connectivity index (χ1n) is 7.31. The smallest absolute Gasteiger partial charge is 0.220 e. The lowest BCUT2D eigenvalue weighted by molar-refractivity contribution is -0.127. The van der Waals surface area contributed by atoms with E-state index in [4.69, 9.17) is 0 Å². The van der Waals surface area contributed by atoms with Gasteiger partial charge in [0.05, 0.1) is 5.60 Å². The number of hydrogen-bond acceptors (Lipinski definition) is 3. The zero-order valence-electron chi connectivity index (χ0n) is 11.8. The summed E-state index contributed by atoms with van der Waals surface area (Å²) in [5.41, 5.74) is -0.752. The molecule has 0 heterocycles. The van der Waals surface area contributed by atoms with Gasteiger partial charge < -0.3 is 15.7 Å². The molecule has 0 radical (unpaired) electrons. The van der Waals surface area contributed by atoms with Gasteiger partial charge in [0, 0.05) is 25.9 Å². The van der Waals surface area contributed by atoms with Crippen molar-refractivity contribution in [3.05, 3.63) is 0 Å². The molecule has 1 aliphatic rings. The molecular weight excluding hydrogens is 244 g/mol. The van der Waals surface area contributed by atoms with Crippen LogP contribution in [0.4, 0.5) is 0 Å². The van der Waals surface area contributed by atoms with Crippen molar-refractivity contribution in [2.75, 3.05) is 13.1 Å². The monoisotopic (exact) mass is 270 g/mol. The van der Waals surface area contributed by atoms with Crippen molar-refractivity contribution < 1.29 is 14.7 Å². The first kappa shape index (κ1) is 16.0. The highest BCUT2D eigenvalue weighted by atomic mass is 16.3. The molecule has 19 heavy (non-hydrogen) atoms. The Morgan fingerprint density at radius 3 is 2.05 bits per heavy atom. The van der Waals surface area contributed by atoms with E-state index in [1.807, 2.05) is 6.92 Å².